The van der Waals surface area contributed by atoms with Gasteiger partial charge >= 0.3 is 0 Å². The summed E-state index contributed by atoms with van der Waals surface area (Å²) in [7, 11) is 0. The molecule has 4 rings (SSSR count). The van der Waals surface area contributed by atoms with Gasteiger partial charge in [0, 0.05) is 16.5 Å². The van der Waals surface area contributed by atoms with Crippen LogP contribution in [0.25, 0.3) is 10.6 Å². The largest absolute Gasteiger partial charge is 0.781 e. The van der Waals surface area contributed by atoms with Crippen molar-refractivity contribution in [2.75, 3.05) is 0 Å². The second-order valence-electron chi connectivity index (χ2n) is 7.68. The molecule has 0 aliphatic carbocycles. The van der Waals surface area contributed by atoms with Gasteiger partial charge in [0.1, 0.15) is 0 Å². The molecule has 0 amide bonds. The smallest absolute Gasteiger partial charge is 0.194 e. The molecule has 0 fully saturated rings. The first-order valence-electron chi connectivity index (χ1n) is 10.4. The molecule has 0 spiro atoms. The maximum absolute atomic E-state index is 14.3. The van der Waals surface area contributed by atoms with Gasteiger partial charge in [-0.15, -0.1) is 12.1 Å². The number of hydrogen-bond acceptors (Lipinski definition) is 2. The predicted octanol–water partition coefficient (Wildman–Crippen LogP) is 8.52. The summed E-state index contributed by atoms with van der Waals surface area (Å²) < 4.78 is 84.6. The van der Waals surface area contributed by atoms with Crippen LogP contribution in [0.2, 0.25) is 0 Å². The van der Waals surface area contributed by atoms with Crippen LogP contribution in [0.5, 0.6) is 0 Å². The van der Waals surface area contributed by atoms with Crippen LogP contribution in [-0.2, 0) is 41.7 Å². The van der Waals surface area contributed by atoms with Crippen molar-refractivity contribution in [2.45, 2.75) is 21.9 Å². The Morgan fingerprint density at radius 3 is 1.11 bits per heavy atom. The molecule has 2 nitrogen and oxygen atoms in total. The van der Waals surface area contributed by atoms with Crippen molar-refractivity contribution in [3.63, 3.8) is 0 Å². The molecule has 37 heavy (non-hydrogen) atoms. The van der Waals surface area contributed by atoms with Gasteiger partial charge in [0.2, 0.25) is 0 Å². The zero-order chi connectivity index (χ0) is 26.0. The Bertz CT molecular complexity index is 1270. The fourth-order valence-electron chi connectivity index (χ4n) is 3.57. The Morgan fingerprint density at radius 1 is 0.514 bits per heavy atom. The third-order valence-corrected chi connectivity index (χ3v) is 5.97. The summed E-state index contributed by atoms with van der Waals surface area (Å²) >= 11 is 10.6. The third kappa shape index (κ3) is 6.29. The van der Waals surface area contributed by atoms with E-state index in [4.69, 9.17) is 25.3 Å². The Labute approximate surface area is 230 Å². The van der Waals surface area contributed by atoms with Crippen LogP contribution in [-0.4, -0.2) is 0 Å². The molecule has 0 saturated heterocycles. The normalized spacial score (nSPS) is 12.4. The van der Waals surface area contributed by atoms with Gasteiger partial charge in [0.25, 0.3) is 0 Å². The van der Waals surface area contributed by atoms with Crippen molar-refractivity contribution < 1.29 is 42.8 Å². The molecule has 4 aromatic carbocycles. The molecule has 0 radical (unpaired) electrons. The van der Waals surface area contributed by atoms with Crippen LogP contribution >= 0.6 is 0 Å². The summed E-state index contributed by atoms with van der Waals surface area (Å²) in [6.07, 6.45) is 0. The van der Waals surface area contributed by atoms with Gasteiger partial charge in [-0.2, -0.15) is 21.2 Å². The van der Waals surface area contributed by atoms with Crippen molar-refractivity contribution in [2.24, 2.45) is 0 Å². The number of rotatable bonds is 7. The minimum Gasteiger partial charge on any atom is -0.781 e. The predicted molar refractivity (Wildman–Crippen MR) is 128 cm³/mol. The monoisotopic (exact) mass is 590 g/mol. The van der Waals surface area contributed by atoms with E-state index in [0.717, 1.165) is 0 Å². The van der Waals surface area contributed by atoms with Crippen LogP contribution in [0.1, 0.15) is 23.2 Å². The van der Waals surface area contributed by atoms with Gasteiger partial charge in [0.05, 0.1) is 0 Å². The second kappa shape index (κ2) is 12.0. The molecule has 196 valence electrons. The molecule has 0 aromatic heterocycles. The van der Waals surface area contributed by atoms with E-state index in [1.807, 2.05) is 0 Å². The number of hydrogen-bond donors (Lipinski definition) is 0. The summed E-state index contributed by atoms with van der Waals surface area (Å²) in [5, 5.41) is 9.00. The van der Waals surface area contributed by atoms with Gasteiger partial charge in [-0.1, -0.05) is 59.7 Å². The molecular weight excluding hydrogens is 577 g/mol. The van der Waals surface area contributed by atoms with Crippen LogP contribution < -0.4 is 0 Å². The quantitative estimate of drug-likeness (QED) is 0.0934. The van der Waals surface area contributed by atoms with Crippen molar-refractivity contribution in [3.8, 4) is 0 Å². The number of para-hydroxylation sites is 2. The van der Waals surface area contributed by atoms with Crippen LogP contribution in [0.3, 0.4) is 0 Å². The molecule has 0 aliphatic heterocycles. The minimum absolute atomic E-state index is 0. The Morgan fingerprint density at radius 2 is 0.811 bits per heavy atom. The topological polar surface area (TPSA) is 28.2 Å². The third-order valence-electron chi connectivity index (χ3n) is 5.28. The molecule has 0 aliphatic rings. The Kier molecular flexibility index (Phi) is 9.28. The molecule has 11 heteroatoms. The molecule has 0 N–H and O–H groups in total. The van der Waals surface area contributed by atoms with Crippen LogP contribution in [0, 0.1) is 34.9 Å². The van der Waals surface area contributed by atoms with E-state index < -0.39 is 47.0 Å². The van der Waals surface area contributed by atoms with Crippen molar-refractivity contribution in [1.82, 2.24) is 0 Å². The Hall–Kier alpha value is -3.01. The zero-order valence-corrected chi connectivity index (χ0v) is 21.0. The van der Waals surface area contributed by atoms with E-state index in [1.54, 1.807) is 36.4 Å². The molecule has 2 unspecified atom stereocenters. The van der Waals surface area contributed by atoms with E-state index >= 15 is 0 Å². The summed E-state index contributed by atoms with van der Waals surface area (Å²) in [4.78, 5) is 0.536. The molecule has 0 saturated carbocycles. The summed E-state index contributed by atoms with van der Waals surface area (Å²) in [5.74, 6) is -9.42. The fraction of sp³-hybridized carbons (Fsp3) is 0.0769. The van der Waals surface area contributed by atoms with Crippen LogP contribution in [0.4, 0.5) is 37.7 Å². The van der Waals surface area contributed by atoms with Crippen molar-refractivity contribution >= 4 is 36.6 Å². The number of benzene rings is 4. The molecule has 0 heterocycles. The van der Waals surface area contributed by atoms with Gasteiger partial charge in [-0.3, -0.25) is 0 Å². The van der Waals surface area contributed by atoms with E-state index in [-0.39, 0.29) is 48.8 Å². The summed E-state index contributed by atoms with van der Waals surface area (Å²) in [6.45, 7) is 0. The maximum Gasteiger partial charge on any atom is 0.194 e. The van der Waals surface area contributed by atoms with E-state index in [0.29, 0.717) is 24.3 Å². The minimum atomic E-state index is -1.70. The maximum atomic E-state index is 14.3. The summed E-state index contributed by atoms with van der Waals surface area (Å²) in [5.41, 5.74) is 0.00546. The van der Waals surface area contributed by atoms with E-state index in [9.17, 15) is 26.3 Å². The van der Waals surface area contributed by atoms with Gasteiger partial charge in [-0.05, 0) is 24.3 Å². The first-order valence-corrected chi connectivity index (χ1v) is 11.2. The van der Waals surface area contributed by atoms with Crippen LogP contribution in [0.15, 0.2) is 82.6 Å². The first kappa shape index (κ1) is 28.6. The van der Waals surface area contributed by atoms with Gasteiger partial charge in [0.15, 0.2) is 34.9 Å². The molecule has 4 aromatic rings. The zero-order valence-electron chi connectivity index (χ0n) is 18.4. The second-order valence-corrected chi connectivity index (χ2v) is 8.56. The fourth-order valence-corrected chi connectivity index (χ4v) is 3.97. The molecule has 0 bridgehead atoms. The number of nitrogens with zero attached hydrogens (tertiary/aromatic N) is 2. The standard InChI is InChI=1S/C26H16F6N2S2.Ni/c27-15-9-13(10-16(28)23(15)31)25(33-19-5-1-3-7-21(19)35)26(34-20-6-2-4-8-22(20)36)14-11-17(29)24(32)18(30)12-14;/h1-12,25-26,35-36H;/q-2;/p-2. The van der Waals surface area contributed by atoms with Crippen molar-refractivity contribution in [1.29, 1.82) is 0 Å². The number of halogens is 6. The Balaban J connectivity index is 0.00000380. The van der Waals surface area contributed by atoms with Gasteiger partial charge in [-0.25, -0.2) is 26.3 Å². The average Bonchev–Trinajstić information content (AvgIpc) is 2.84. The van der Waals surface area contributed by atoms with Crippen molar-refractivity contribution in [3.05, 3.63) is 129 Å². The first-order chi connectivity index (χ1) is 17.2. The average molecular weight is 591 g/mol. The van der Waals surface area contributed by atoms with E-state index in [1.165, 1.54) is 12.1 Å². The van der Waals surface area contributed by atoms with E-state index in [2.05, 4.69) is 10.6 Å². The molecular formula is C26H14F6N2NiS2-4. The summed E-state index contributed by atoms with van der Waals surface area (Å²) in [6, 6.07) is 12.7. The SMILES string of the molecule is Fc1cc(C([N-]c2ccccc2[S-])C([N-]c2ccccc2[S-])c2cc(F)c(F)c(F)c2)cc(F)c1F.[Ni]. The molecule has 2 atom stereocenters. The van der Waals surface area contributed by atoms with Gasteiger partial charge < -0.3 is 35.9 Å².